The van der Waals surface area contributed by atoms with Crippen molar-refractivity contribution in [2.24, 2.45) is 0 Å². The summed E-state index contributed by atoms with van der Waals surface area (Å²) < 4.78 is 41.8. The van der Waals surface area contributed by atoms with Gasteiger partial charge in [-0.1, -0.05) is 0 Å². The summed E-state index contributed by atoms with van der Waals surface area (Å²) in [7, 11) is 0. The number of hydrogen-bond donors (Lipinski definition) is 1. The number of aromatic nitrogens is 2. The summed E-state index contributed by atoms with van der Waals surface area (Å²) in [5, 5.41) is 0. The van der Waals surface area contributed by atoms with Crippen molar-refractivity contribution in [2.75, 3.05) is 0 Å². The molecule has 0 saturated carbocycles. The summed E-state index contributed by atoms with van der Waals surface area (Å²) in [4.78, 5) is 15.9. The van der Waals surface area contributed by atoms with E-state index in [2.05, 4.69) is 4.98 Å². The van der Waals surface area contributed by atoms with Crippen LogP contribution in [0.4, 0.5) is 13.2 Å². The lowest BCUT2D eigenvalue weighted by atomic mass is 10.3. The highest BCUT2D eigenvalue weighted by Crippen LogP contribution is 2.26. The van der Waals surface area contributed by atoms with Crippen LogP contribution < -0.4 is 5.56 Å². The van der Waals surface area contributed by atoms with Gasteiger partial charge in [-0.05, 0) is 12.1 Å². The number of hydrogen-bond acceptors (Lipinski definition) is 3. The molecule has 2 heterocycles. The Balaban J connectivity index is 2.57. The highest BCUT2D eigenvalue weighted by molar-refractivity contribution is 5.50. The van der Waals surface area contributed by atoms with Crippen LogP contribution in [0.5, 0.6) is 0 Å². The first-order chi connectivity index (χ1) is 7.47. The first-order valence-corrected chi connectivity index (χ1v) is 4.19. The standard InChI is InChI=1S/C9H5F3N2O2/c10-9(11,12)8-13-5(4-7(15)14-8)6-2-1-3-16-6/h1-4H,(H,13,14,15). The lowest BCUT2D eigenvalue weighted by Crippen LogP contribution is -2.18. The van der Waals surface area contributed by atoms with E-state index < -0.39 is 17.6 Å². The molecule has 7 heteroatoms. The van der Waals surface area contributed by atoms with Gasteiger partial charge in [0.05, 0.1) is 6.26 Å². The van der Waals surface area contributed by atoms with Gasteiger partial charge >= 0.3 is 6.18 Å². The van der Waals surface area contributed by atoms with E-state index in [9.17, 15) is 18.0 Å². The predicted molar refractivity (Wildman–Crippen MR) is 47.6 cm³/mol. The normalized spacial score (nSPS) is 11.7. The highest BCUT2D eigenvalue weighted by atomic mass is 19.4. The third kappa shape index (κ3) is 1.97. The second kappa shape index (κ2) is 3.51. The lowest BCUT2D eigenvalue weighted by molar-refractivity contribution is -0.145. The summed E-state index contributed by atoms with van der Waals surface area (Å²) in [6.45, 7) is 0. The van der Waals surface area contributed by atoms with Crippen LogP contribution in [0.25, 0.3) is 11.5 Å². The molecule has 2 aromatic heterocycles. The Hall–Kier alpha value is -2.05. The molecule has 0 radical (unpaired) electrons. The number of rotatable bonds is 1. The van der Waals surface area contributed by atoms with Crippen molar-refractivity contribution in [3.63, 3.8) is 0 Å². The van der Waals surface area contributed by atoms with Crippen molar-refractivity contribution in [1.82, 2.24) is 9.97 Å². The predicted octanol–water partition coefficient (Wildman–Crippen LogP) is 2.05. The van der Waals surface area contributed by atoms with Crippen molar-refractivity contribution in [1.29, 1.82) is 0 Å². The van der Waals surface area contributed by atoms with Gasteiger partial charge in [0.25, 0.3) is 5.56 Å². The summed E-state index contributed by atoms with van der Waals surface area (Å²) in [5.41, 5.74) is -1.03. The molecular formula is C9H5F3N2O2. The molecule has 0 amide bonds. The molecule has 0 bridgehead atoms. The molecule has 0 aliphatic heterocycles. The molecule has 0 spiro atoms. The molecule has 2 aromatic rings. The fourth-order valence-electron chi connectivity index (χ4n) is 1.14. The van der Waals surface area contributed by atoms with Crippen LogP contribution in [0, 0.1) is 0 Å². The Morgan fingerprint density at radius 3 is 2.69 bits per heavy atom. The fourth-order valence-corrected chi connectivity index (χ4v) is 1.14. The number of nitrogens with zero attached hydrogens (tertiary/aromatic N) is 1. The van der Waals surface area contributed by atoms with Crippen molar-refractivity contribution in [3.05, 3.63) is 40.6 Å². The monoisotopic (exact) mass is 230 g/mol. The van der Waals surface area contributed by atoms with Gasteiger partial charge in [-0.25, -0.2) is 4.98 Å². The topological polar surface area (TPSA) is 58.9 Å². The average molecular weight is 230 g/mol. The number of H-pyrrole nitrogens is 1. The molecular weight excluding hydrogens is 225 g/mol. The molecule has 2 rings (SSSR count). The van der Waals surface area contributed by atoms with E-state index >= 15 is 0 Å². The second-order valence-corrected chi connectivity index (χ2v) is 2.95. The van der Waals surface area contributed by atoms with E-state index in [0.29, 0.717) is 0 Å². The maximum Gasteiger partial charge on any atom is 0.449 e. The van der Waals surface area contributed by atoms with Gasteiger partial charge in [0, 0.05) is 6.07 Å². The summed E-state index contributed by atoms with van der Waals surface area (Å²) in [6.07, 6.45) is -3.41. The van der Waals surface area contributed by atoms with Crippen LogP contribution in [-0.2, 0) is 6.18 Å². The fraction of sp³-hybridized carbons (Fsp3) is 0.111. The Morgan fingerprint density at radius 2 is 2.12 bits per heavy atom. The van der Waals surface area contributed by atoms with E-state index in [1.807, 2.05) is 0 Å². The smallest absolute Gasteiger partial charge is 0.449 e. The third-order valence-corrected chi connectivity index (χ3v) is 1.78. The Kier molecular flexibility index (Phi) is 2.30. The van der Waals surface area contributed by atoms with E-state index in [1.165, 1.54) is 18.4 Å². The molecule has 0 aliphatic rings. The minimum absolute atomic E-state index is 0.108. The first-order valence-electron chi connectivity index (χ1n) is 4.19. The van der Waals surface area contributed by atoms with Gasteiger partial charge in [0.2, 0.25) is 5.82 Å². The molecule has 0 aromatic carbocycles. The minimum atomic E-state index is -4.69. The van der Waals surface area contributed by atoms with E-state index in [1.54, 1.807) is 4.98 Å². The van der Waals surface area contributed by atoms with Crippen molar-refractivity contribution >= 4 is 0 Å². The number of alkyl halides is 3. The number of nitrogens with one attached hydrogen (secondary N) is 1. The highest BCUT2D eigenvalue weighted by Gasteiger charge is 2.34. The summed E-state index contributed by atoms with van der Waals surface area (Å²) >= 11 is 0. The van der Waals surface area contributed by atoms with Gasteiger partial charge < -0.3 is 9.40 Å². The van der Waals surface area contributed by atoms with Crippen LogP contribution in [0.3, 0.4) is 0 Å². The SMILES string of the molecule is O=c1cc(-c2ccco2)nc(C(F)(F)F)[nH]1. The third-order valence-electron chi connectivity index (χ3n) is 1.78. The second-order valence-electron chi connectivity index (χ2n) is 2.95. The Labute approximate surface area is 86.7 Å². The zero-order chi connectivity index (χ0) is 11.8. The van der Waals surface area contributed by atoms with Gasteiger partial charge in [-0.3, -0.25) is 4.79 Å². The van der Waals surface area contributed by atoms with Crippen LogP contribution >= 0.6 is 0 Å². The quantitative estimate of drug-likeness (QED) is 0.815. The largest absolute Gasteiger partial charge is 0.463 e. The van der Waals surface area contributed by atoms with Crippen LogP contribution in [0.15, 0.2) is 33.7 Å². The summed E-state index contributed by atoms with van der Waals surface area (Å²) in [5.74, 6) is -1.23. The number of furan rings is 1. The lowest BCUT2D eigenvalue weighted by Gasteiger charge is -2.05. The minimum Gasteiger partial charge on any atom is -0.463 e. The molecule has 0 atom stereocenters. The molecule has 0 saturated heterocycles. The molecule has 16 heavy (non-hydrogen) atoms. The zero-order valence-electron chi connectivity index (χ0n) is 7.71. The maximum absolute atomic E-state index is 12.3. The van der Waals surface area contributed by atoms with Crippen molar-refractivity contribution in [2.45, 2.75) is 6.18 Å². The summed E-state index contributed by atoms with van der Waals surface area (Å²) in [6, 6.07) is 3.85. The van der Waals surface area contributed by atoms with Gasteiger partial charge in [0.15, 0.2) is 5.76 Å². The van der Waals surface area contributed by atoms with Gasteiger partial charge in [-0.2, -0.15) is 13.2 Å². The number of aromatic amines is 1. The van der Waals surface area contributed by atoms with Crippen molar-refractivity contribution < 1.29 is 17.6 Å². The molecule has 1 N–H and O–H groups in total. The van der Waals surface area contributed by atoms with E-state index in [-0.39, 0.29) is 11.5 Å². The zero-order valence-corrected chi connectivity index (χ0v) is 7.71. The molecule has 0 unspecified atom stereocenters. The Morgan fingerprint density at radius 1 is 1.38 bits per heavy atom. The van der Waals surface area contributed by atoms with Crippen LogP contribution in [0.1, 0.15) is 5.82 Å². The first kappa shape index (κ1) is 10.5. The van der Waals surface area contributed by atoms with Crippen LogP contribution in [0.2, 0.25) is 0 Å². The Bertz CT molecular complexity index is 543. The van der Waals surface area contributed by atoms with E-state index in [0.717, 1.165) is 6.07 Å². The maximum atomic E-state index is 12.3. The average Bonchev–Trinajstić information content (AvgIpc) is 2.68. The van der Waals surface area contributed by atoms with Gasteiger partial charge in [-0.15, -0.1) is 0 Å². The number of halogens is 3. The van der Waals surface area contributed by atoms with Gasteiger partial charge in [0.1, 0.15) is 5.69 Å². The van der Waals surface area contributed by atoms with Crippen LogP contribution in [-0.4, -0.2) is 9.97 Å². The molecule has 84 valence electrons. The molecule has 0 aliphatic carbocycles. The molecule has 4 nitrogen and oxygen atoms in total. The van der Waals surface area contributed by atoms with E-state index in [4.69, 9.17) is 4.42 Å². The van der Waals surface area contributed by atoms with Crippen molar-refractivity contribution in [3.8, 4) is 11.5 Å². The molecule has 0 fully saturated rings.